The highest BCUT2D eigenvalue weighted by molar-refractivity contribution is 5.77. The summed E-state index contributed by atoms with van der Waals surface area (Å²) in [5, 5.41) is 3.17. The molecule has 0 aliphatic carbocycles. The van der Waals surface area contributed by atoms with Crippen LogP contribution < -0.4 is 25.4 Å². The van der Waals surface area contributed by atoms with E-state index >= 15 is 0 Å². The van der Waals surface area contributed by atoms with Crippen molar-refractivity contribution in [1.82, 2.24) is 10.2 Å². The topological polar surface area (TPSA) is 75.4 Å². The van der Waals surface area contributed by atoms with Gasteiger partial charge in [-0.15, -0.1) is 0 Å². The number of hydrogen-bond donors (Lipinski definition) is 2. The lowest BCUT2D eigenvalue weighted by molar-refractivity contribution is 0.265. The summed E-state index contributed by atoms with van der Waals surface area (Å²) in [4.78, 5) is 9.10. The van der Waals surface area contributed by atoms with Crippen molar-refractivity contribution < 1.29 is 13.9 Å². The van der Waals surface area contributed by atoms with Gasteiger partial charge < -0.3 is 25.4 Å². The van der Waals surface area contributed by atoms with E-state index in [-0.39, 0.29) is 5.82 Å². The molecular formula is C23H32FN5O2. The highest BCUT2D eigenvalue weighted by Gasteiger charge is 2.16. The van der Waals surface area contributed by atoms with Gasteiger partial charge in [0, 0.05) is 45.0 Å². The number of halogens is 1. The quantitative estimate of drug-likeness (QED) is 0.470. The molecule has 0 spiro atoms. The van der Waals surface area contributed by atoms with Gasteiger partial charge in [0.15, 0.2) is 17.5 Å². The Morgan fingerprint density at radius 3 is 2.42 bits per heavy atom. The van der Waals surface area contributed by atoms with Crippen molar-refractivity contribution in [1.29, 1.82) is 0 Å². The van der Waals surface area contributed by atoms with Crippen LogP contribution in [0, 0.1) is 5.82 Å². The van der Waals surface area contributed by atoms with Gasteiger partial charge in [0.25, 0.3) is 0 Å². The van der Waals surface area contributed by atoms with Crippen molar-refractivity contribution in [2.24, 2.45) is 10.7 Å². The maximum Gasteiger partial charge on any atom is 0.188 e. The van der Waals surface area contributed by atoms with E-state index in [0.717, 1.165) is 61.9 Å². The van der Waals surface area contributed by atoms with Gasteiger partial charge in [0.05, 0.1) is 20.8 Å². The Morgan fingerprint density at radius 2 is 1.74 bits per heavy atom. The predicted molar refractivity (Wildman–Crippen MR) is 123 cm³/mol. The van der Waals surface area contributed by atoms with E-state index in [4.69, 9.17) is 15.2 Å². The van der Waals surface area contributed by atoms with Crippen molar-refractivity contribution in [3.05, 3.63) is 53.8 Å². The molecule has 2 aromatic carbocycles. The molecule has 8 heteroatoms. The van der Waals surface area contributed by atoms with Crippen molar-refractivity contribution >= 4 is 11.6 Å². The van der Waals surface area contributed by atoms with E-state index in [9.17, 15) is 4.39 Å². The summed E-state index contributed by atoms with van der Waals surface area (Å²) in [7, 11) is 3.26. The summed E-state index contributed by atoms with van der Waals surface area (Å²) < 4.78 is 23.7. The fourth-order valence-electron chi connectivity index (χ4n) is 3.62. The second-order valence-corrected chi connectivity index (χ2v) is 7.44. The Labute approximate surface area is 183 Å². The minimum Gasteiger partial charge on any atom is -0.493 e. The van der Waals surface area contributed by atoms with Crippen LogP contribution in [0.15, 0.2) is 47.5 Å². The molecule has 0 amide bonds. The lowest BCUT2D eigenvalue weighted by Gasteiger charge is -2.35. The SMILES string of the molecule is COc1ccc(CCNC(N)=NCCN2CCN(c3ccc(F)cc3)CC2)cc1OC. The molecule has 168 valence electrons. The summed E-state index contributed by atoms with van der Waals surface area (Å²) >= 11 is 0. The van der Waals surface area contributed by atoms with Crippen LogP contribution in [0.1, 0.15) is 5.56 Å². The molecule has 1 aliphatic rings. The average Bonchev–Trinajstić information content (AvgIpc) is 2.80. The van der Waals surface area contributed by atoms with Gasteiger partial charge in [0.1, 0.15) is 5.82 Å². The van der Waals surface area contributed by atoms with Crippen LogP contribution >= 0.6 is 0 Å². The number of nitrogens with zero attached hydrogens (tertiary/aromatic N) is 3. The zero-order valence-electron chi connectivity index (χ0n) is 18.3. The van der Waals surface area contributed by atoms with Crippen molar-refractivity contribution in [3.63, 3.8) is 0 Å². The third kappa shape index (κ3) is 6.75. The number of anilines is 1. The molecule has 2 aromatic rings. The van der Waals surface area contributed by atoms with E-state index in [2.05, 4.69) is 20.1 Å². The maximum absolute atomic E-state index is 13.1. The van der Waals surface area contributed by atoms with Crippen LogP contribution in [0.3, 0.4) is 0 Å². The lowest BCUT2D eigenvalue weighted by Crippen LogP contribution is -2.47. The number of guanidine groups is 1. The molecule has 3 N–H and O–H groups in total. The zero-order chi connectivity index (χ0) is 22.1. The van der Waals surface area contributed by atoms with Crippen molar-refractivity contribution in [3.8, 4) is 11.5 Å². The Kier molecular flexibility index (Phi) is 8.35. The van der Waals surface area contributed by atoms with Gasteiger partial charge >= 0.3 is 0 Å². The average molecular weight is 430 g/mol. The van der Waals surface area contributed by atoms with E-state index < -0.39 is 0 Å². The van der Waals surface area contributed by atoms with Crippen molar-refractivity contribution in [2.75, 3.05) is 64.9 Å². The Morgan fingerprint density at radius 1 is 1.03 bits per heavy atom. The molecule has 0 unspecified atom stereocenters. The van der Waals surface area contributed by atoms with Gasteiger partial charge in [0.2, 0.25) is 0 Å². The van der Waals surface area contributed by atoms with Gasteiger partial charge in [-0.2, -0.15) is 0 Å². The van der Waals surface area contributed by atoms with Crippen LogP contribution in [-0.4, -0.2) is 70.9 Å². The fraction of sp³-hybridized carbons (Fsp3) is 0.435. The molecule has 0 aromatic heterocycles. The first kappa shape index (κ1) is 22.7. The summed E-state index contributed by atoms with van der Waals surface area (Å²) in [5.74, 6) is 1.71. The second kappa shape index (κ2) is 11.4. The molecular weight excluding hydrogens is 397 g/mol. The first-order valence-electron chi connectivity index (χ1n) is 10.6. The number of ether oxygens (including phenoxy) is 2. The number of aliphatic imine (C=N–C) groups is 1. The second-order valence-electron chi connectivity index (χ2n) is 7.44. The largest absolute Gasteiger partial charge is 0.493 e. The minimum absolute atomic E-state index is 0.199. The third-order valence-corrected chi connectivity index (χ3v) is 5.43. The molecule has 0 radical (unpaired) electrons. The normalized spacial score (nSPS) is 15.1. The fourth-order valence-corrected chi connectivity index (χ4v) is 3.62. The highest BCUT2D eigenvalue weighted by Crippen LogP contribution is 2.27. The van der Waals surface area contributed by atoms with E-state index in [1.54, 1.807) is 14.2 Å². The molecule has 1 heterocycles. The summed E-state index contributed by atoms with van der Waals surface area (Å²) in [6, 6.07) is 12.6. The molecule has 31 heavy (non-hydrogen) atoms. The molecule has 0 saturated carbocycles. The molecule has 1 fully saturated rings. The Balaban J connectivity index is 1.34. The van der Waals surface area contributed by atoms with Crippen LogP contribution in [0.5, 0.6) is 11.5 Å². The van der Waals surface area contributed by atoms with Gasteiger partial charge in [-0.25, -0.2) is 4.39 Å². The molecule has 1 aliphatic heterocycles. The number of rotatable bonds is 9. The first-order valence-corrected chi connectivity index (χ1v) is 10.6. The standard InChI is InChI=1S/C23H32FN5O2/c1-30-21-8-3-18(17-22(21)31-2)9-10-26-23(25)27-11-12-28-13-15-29(16-14-28)20-6-4-19(24)5-7-20/h3-8,17H,9-16H2,1-2H3,(H3,25,26,27). The Hall–Kier alpha value is -3.00. The predicted octanol–water partition coefficient (Wildman–Crippen LogP) is 2.11. The first-order chi connectivity index (χ1) is 15.1. The molecule has 0 atom stereocenters. The Bertz CT molecular complexity index is 852. The number of piperazine rings is 1. The molecule has 1 saturated heterocycles. The summed E-state index contributed by atoms with van der Waals surface area (Å²) in [5.41, 5.74) is 8.21. The maximum atomic E-state index is 13.1. The zero-order valence-corrected chi connectivity index (χ0v) is 18.3. The number of benzene rings is 2. The molecule has 7 nitrogen and oxygen atoms in total. The smallest absolute Gasteiger partial charge is 0.188 e. The molecule has 3 rings (SSSR count). The van der Waals surface area contributed by atoms with Crippen LogP contribution in [-0.2, 0) is 6.42 Å². The van der Waals surface area contributed by atoms with E-state index in [1.165, 1.54) is 12.1 Å². The van der Waals surface area contributed by atoms with Crippen molar-refractivity contribution in [2.45, 2.75) is 6.42 Å². The van der Waals surface area contributed by atoms with Crippen LogP contribution in [0.25, 0.3) is 0 Å². The van der Waals surface area contributed by atoms with E-state index in [1.807, 2.05) is 30.3 Å². The minimum atomic E-state index is -0.199. The van der Waals surface area contributed by atoms with Gasteiger partial charge in [-0.3, -0.25) is 9.89 Å². The van der Waals surface area contributed by atoms with Gasteiger partial charge in [-0.05, 0) is 48.4 Å². The summed E-state index contributed by atoms with van der Waals surface area (Å²) in [6.45, 7) is 5.99. The highest BCUT2D eigenvalue weighted by atomic mass is 19.1. The summed E-state index contributed by atoms with van der Waals surface area (Å²) in [6.07, 6.45) is 0.807. The number of methoxy groups -OCH3 is 2. The van der Waals surface area contributed by atoms with Crippen LogP contribution in [0.2, 0.25) is 0 Å². The lowest BCUT2D eigenvalue weighted by atomic mass is 10.1. The monoisotopic (exact) mass is 429 g/mol. The molecule has 0 bridgehead atoms. The number of nitrogens with one attached hydrogen (secondary N) is 1. The van der Waals surface area contributed by atoms with Crippen LogP contribution in [0.4, 0.5) is 10.1 Å². The number of hydrogen-bond acceptors (Lipinski definition) is 5. The van der Waals surface area contributed by atoms with E-state index in [0.29, 0.717) is 19.0 Å². The number of nitrogens with two attached hydrogens (primary N) is 1. The van der Waals surface area contributed by atoms with Gasteiger partial charge in [-0.1, -0.05) is 6.07 Å². The third-order valence-electron chi connectivity index (χ3n) is 5.43.